The number of nitrogens with zero attached hydrogens (tertiary/aromatic N) is 4. The molecule has 1 saturated heterocycles. The van der Waals surface area contributed by atoms with E-state index in [1.807, 2.05) is 18.4 Å². The zero-order valence-electron chi connectivity index (χ0n) is 10.4. The van der Waals surface area contributed by atoms with Crippen molar-refractivity contribution >= 4 is 0 Å². The molecule has 1 aliphatic heterocycles. The van der Waals surface area contributed by atoms with E-state index in [0.29, 0.717) is 12.0 Å². The number of likely N-dealkylation sites (tertiary alicyclic amines) is 1. The minimum atomic E-state index is 0.229. The lowest BCUT2D eigenvalue weighted by Crippen LogP contribution is -2.40. The molecular formula is C11H22N4O. The third-order valence-electron chi connectivity index (χ3n) is 2.95. The Hall–Kier alpha value is -0.940. The first kappa shape index (κ1) is 13.1. The summed E-state index contributed by atoms with van der Waals surface area (Å²) in [6, 6.07) is 0.353. The van der Waals surface area contributed by atoms with E-state index in [4.69, 9.17) is 0 Å². The summed E-state index contributed by atoms with van der Waals surface area (Å²) in [7, 11) is 2.09. The van der Waals surface area contributed by atoms with Crippen molar-refractivity contribution in [2.75, 3.05) is 26.7 Å². The average molecular weight is 226 g/mol. The molecule has 2 heterocycles. The van der Waals surface area contributed by atoms with Crippen LogP contribution in [0.3, 0.4) is 0 Å². The van der Waals surface area contributed by atoms with Crippen LogP contribution in [-0.2, 0) is 0 Å². The molecule has 1 N–H and O–H groups in total. The predicted octanol–water partition coefficient (Wildman–Crippen LogP) is 0.789. The molecule has 2 rings (SSSR count). The van der Waals surface area contributed by atoms with E-state index in [9.17, 15) is 5.11 Å². The molecule has 5 nitrogen and oxygen atoms in total. The standard InChI is InChI=1S/C9H16N4O.C2H6/c1-12-3-2-9(8(4-12)5-14)13-6-10-11-7-13;1-2/h6-9,14H,2-5H2,1H3;1-2H3. The summed E-state index contributed by atoms with van der Waals surface area (Å²) in [5.74, 6) is 0.296. The number of aliphatic hydroxyl groups excluding tert-OH is 1. The van der Waals surface area contributed by atoms with E-state index in [2.05, 4.69) is 22.1 Å². The number of hydrogen-bond acceptors (Lipinski definition) is 4. The number of aromatic nitrogens is 3. The van der Waals surface area contributed by atoms with Crippen LogP contribution in [0.25, 0.3) is 0 Å². The molecule has 0 saturated carbocycles. The lowest BCUT2D eigenvalue weighted by atomic mass is 9.93. The molecular weight excluding hydrogens is 204 g/mol. The molecule has 0 aromatic carbocycles. The molecule has 5 heteroatoms. The van der Waals surface area contributed by atoms with Gasteiger partial charge in [0, 0.05) is 25.1 Å². The molecule has 0 bridgehead atoms. The maximum Gasteiger partial charge on any atom is 0.119 e. The Kier molecular flexibility index (Phi) is 5.42. The van der Waals surface area contributed by atoms with Gasteiger partial charge >= 0.3 is 0 Å². The van der Waals surface area contributed by atoms with Crippen LogP contribution in [0, 0.1) is 5.92 Å². The smallest absolute Gasteiger partial charge is 0.119 e. The maximum atomic E-state index is 9.30. The Morgan fingerprint density at radius 3 is 2.50 bits per heavy atom. The lowest BCUT2D eigenvalue weighted by molar-refractivity contribution is 0.0912. The Labute approximate surface area is 97.1 Å². The molecule has 0 amide bonds. The van der Waals surface area contributed by atoms with Crippen LogP contribution >= 0.6 is 0 Å². The third kappa shape index (κ3) is 3.02. The first-order valence-electron chi connectivity index (χ1n) is 5.94. The van der Waals surface area contributed by atoms with Gasteiger partial charge in [0.25, 0.3) is 0 Å². The summed E-state index contributed by atoms with van der Waals surface area (Å²) in [5.41, 5.74) is 0. The SMILES string of the molecule is CC.CN1CCC(n2cnnc2)C(CO)C1. The molecule has 2 unspecified atom stereocenters. The largest absolute Gasteiger partial charge is 0.396 e. The van der Waals surface area contributed by atoms with Crippen molar-refractivity contribution in [2.45, 2.75) is 26.3 Å². The van der Waals surface area contributed by atoms with E-state index in [-0.39, 0.29) is 6.61 Å². The molecule has 0 spiro atoms. The first-order valence-corrected chi connectivity index (χ1v) is 5.94. The van der Waals surface area contributed by atoms with Crippen molar-refractivity contribution in [1.82, 2.24) is 19.7 Å². The molecule has 0 radical (unpaired) electrons. The molecule has 1 fully saturated rings. The summed E-state index contributed by atoms with van der Waals surface area (Å²) < 4.78 is 2.01. The van der Waals surface area contributed by atoms with Gasteiger partial charge in [-0.15, -0.1) is 10.2 Å². The second-order valence-electron chi connectivity index (χ2n) is 3.97. The van der Waals surface area contributed by atoms with Crippen LogP contribution in [-0.4, -0.2) is 51.5 Å². The fraction of sp³-hybridized carbons (Fsp3) is 0.818. The van der Waals surface area contributed by atoms with Gasteiger partial charge in [-0.3, -0.25) is 0 Å². The summed E-state index contributed by atoms with van der Waals surface area (Å²) >= 11 is 0. The highest BCUT2D eigenvalue weighted by Gasteiger charge is 2.28. The second kappa shape index (κ2) is 6.60. The van der Waals surface area contributed by atoms with Gasteiger partial charge in [-0.25, -0.2) is 0 Å². The average Bonchev–Trinajstić information content (AvgIpc) is 2.85. The van der Waals surface area contributed by atoms with Crippen LogP contribution in [0.5, 0.6) is 0 Å². The number of hydrogen-bond donors (Lipinski definition) is 1. The van der Waals surface area contributed by atoms with Crippen molar-refractivity contribution in [3.8, 4) is 0 Å². The fourth-order valence-electron chi connectivity index (χ4n) is 2.15. The second-order valence-corrected chi connectivity index (χ2v) is 3.97. The van der Waals surface area contributed by atoms with E-state index < -0.39 is 0 Å². The minimum Gasteiger partial charge on any atom is -0.396 e. The van der Waals surface area contributed by atoms with Crippen molar-refractivity contribution in [3.05, 3.63) is 12.7 Å². The molecule has 1 aliphatic rings. The number of rotatable bonds is 2. The van der Waals surface area contributed by atoms with Crippen molar-refractivity contribution in [2.24, 2.45) is 5.92 Å². The Morgan fingerprint density at radius 1 is 1.31 bits per heavy atom. The highest BCUT2D eigenvalue weighted by atomic mass is 16.3. The van der Waals surface area contributed by atoms with Crippen molar-refractivity contribution in [3.63, 3.8) is 0 Å². The maximum absolute atomic E-state index is 9.30. The van der Waals surface area contributed by atoms with Gasteiger partial charge in [0.05, 0.1) is 0 Å². The lowest BCUT2D eigenvalue weighted by Gasteiger charge is -2.36. The Morgan fingerprint density at radius 2 is 1.94 bits per heavy atom. The number of aliphatic hydroxyl groups is 1. The molecule has 92 valence electrons. The molecule has 1 aromatic heterocycles. The van der Waals surface area contributed by atoms with Crippen molar-refractivity contribution < 1.29 is 5.11 Å². The summed E-state index contributed by atoms with van der Waals surface area (Å²) in [5, 5.41) is 16.9. The fourth-order valence-corrected chi connectivity index (χ4v) is 2.15. The summed E-state index contributed by atoms with van der Waals surface area (Å²) in [4.78, 5) is 2.25. The van der Waals surface area contributed by atoms with Gasteiger partial charge in [0.2, 0.25) is 0 Å². The molecule has 1 aromatic rings. The zero-order valence-corrected chi connectivity index (χ0v) is 10.4. The number of piperidine rings is 1. The monoisotopic (exact) mass is 226 g/mol. The summed E-state index contributed by atoms with van der Waals surface area (Å²) in [6.45, 7) is 6.24. The van der Waals surface area contributed by atoms with Crippen LogP contribution in [0.1, 0.15) is 26.3 Å². The zero-order chi connectivity index (χ0) is 12.0. The highest BCUT2D eigenvalue weighted by Crippen LogP contribution is 2.26. The molecule has 16 heavy (non-hydrogen) atoms. The van der Waals surface area contributed by atoms with E-state index in [0.717, 1.165) is 19.5 Å². The predicted molar refractivity (Wildman–Crippen MR) is 63.1 cm³/mol. The van der Waals surface area contributed by atoms with Gasteiger partial charge in [-0.05, 0) is 20.0 Å². The van der Waals surface area contributed by atoms with Gasteiger partial charge in [-0.1, -0.05) is 13.8 Å². The highest BCUT2D eigenvalue weighted by molar-refractivity contribution is 4.84. The quantitative estimate of drug-likeness (QED) is 0.810. The van der Waals surface area contributed by atoms with Crippen LogP contribution in [0.4, 0.5) is 0 Å². The van der Waals surface area contributed by atoms with Gasteiger partial charge in [-0.2, -0.15) is 0 Å². The van der Waals surface area contributed by atoms with Gasteiger partial charge < -0.3 is 14.6 Å². The third-order valence-corrected chi connectivity index (χ3v) is 2.95. The minimum absolute atomic E-state index is 0.229. The Balaban J connectivity index is 0.000000606. The van der Waals surface area contributed by atoms with Crippen LogP contribution in [0.2, 0.25) is 0 Å². The van der Waals surface area contributed by atoms with E-state index in [1.54, 1.807) is 12.7 Å². The van der Waals surface area contributed by atoms with Gasteiger partial charge in [0.15, 0.2) is 0 Å². The van der Waals surface area contributed by atoms with Crippen LogP contribution < -0.4 is 0 Å². The van der Waals surface area contributed by atoms with Crippen LogP contribution in [0.15, 0.2) is 12.7 Å². The van der Waals surface area contributed by atoms with E-state index in [1.165, 1.54) is 0 Å². The Bertz CT molecular complexity index is 276. The van der Waals surface area contributed by atoms with E-state index >= 15 is 0 Å². The molecule has 0 aliphatic carbocycles. The summed E-state index contributed by atoms with van der Waals surface area (Å²) in [6.07, 6.45) is 4.52. The normalized spacial score (nSPS) is 26.0. The van der Waals surface area contributed by atoms with Crippen molar-refractivity contribution in [1.29, 1.82) is 0 Å². The van der Waals surface area contributed by atoms with Gasteiger partial charge in [0.1, 0.15) is 12.7 Å². The first-order chi connectivity index (χ1) is 7.81. The molecule has 2 atom stereocenters. The topological polar surface area (TPSA) is 54.2 Å².